The maximum absolute atomic E-state index is 11.5. The number of hydrogen-bond donors (Lipinski definition) is 0. The van der Waals surface area contributed by atoms with Crippen LogP contribution in [0.5, 0.6) is 0 Å². The molecule has 0 atom stereocenters. The lowest BCUT2D eigenvalue weighted by Gasteiger charge is -2.08. The van der Waals surface area contributed by atoms with Gasteiger partial charge in [-0.05, 0) is 11.1 Å². The molecular weight excluding hydrogens is 204 g/mol. The van der Waals surface area contributed by atoms with E-state index < -0.39 is 5.97 Å². The van der Waals surface area contributed by atoms with E-state index in [1.165, 1.54) is 20.5 Å². The molecule has 84 valence electrons. The van der Waals surface area contributed by atoms with Gasteiger partial charge in [0.1, 0.15) is 5.57 Å². The van der Waals surface area contributed by atoms with Gasteiger partial charge in [0.25, 0.3) is 0 Å². The Kier molecular flexibility index (Phi) is 4.33. The van der Waals surface area contributed by atoms with E-state index in [1.54, 1.807) is 0 Å². The highest BCUT2D eigenvalue weighted by atomic mass is 16.5. The summed E-state index contributed by atoms with van der Waals surface area (Å²) in [7, 11) is 2.80. The number of carbonyl (C=O) groups excluding carboxylic acids is 1. The van der Waals surface area contributed by atoms with Gasteiger partial charge in [0.05, 0.1) is 20.5 Å². The van der Waals surface area contributed by atoms with Crippen molar-refractivity contribution in [2.24, 2.45) is 0 Å². The molecule has 0 aromatic heterocycles. The van der Waals surface area contributed by atoms with Gasteiger partial charge in [-0.25, -0.2) is 4.79 Å². The molecule has 0 aliphatic carbocycles. The van der Waals surface area contributed by atoms with Crippen LogP contribution in [-0.2, 0) is 14.3 Å². The van der Waals surface area contributed by atoms with Crippen molar-refractivity contribution in [1.82, 2.24) is 0 Å². The zero-order valence-electron chi connectivity index (χ0n) is 9.40. The maximum atomic E-state index is 11.5. The molecule has 0 radical (unpaired) electrons. The van der Waals surface area contributed by atoms with E-state index in [2.05, 4.69) is 11.3 Å². The summed E-state index contributed by atoms with van der Waals surface area (Å²) in [5.41, 5.74) is 1.75. The van der Waals surface area contributed by atoms with E-state index in [-0.39, 0.29) is 0 Å². The van der Waals surface area contributed by atoms with Crippen molar-refractivity contribution < 1.29 is 14.3 Å². The third-order valence-electron chi connectivity index (χ3n) is 2.09. The minimum absolute atomic E-state index is 0.316. The molecule has 0 fully saturated rings. The van der Waals surface area contributed by atoms with Crippen molar-refractivity contribution in [2.45, 2.75) is 0 Å². The molecule has 1 rings (SSSR count). The molecule has 0 unspecified atom stereocenters. The van der Waals surface area contributed by atoms with Crippen molar-refractivity contribution in [3.8, 4) is 0 Å². The lowest BCUT2D eigenvalue weighted by atomic mass is 10.0. The highest BCUT2D eigenvalue weighted by Crippen LogP contribution is 2.21. The maximum Gasteiger partial charge on any atom is 0.341 e. The van der Waals surface area contributed by atoms with Crippen molar-refractivity contribution in [3.05, 3.63) is 54.3 Å². The van der Waals surface area contributed by atoms with E-state index in [9.17, 15) is 4.79 Å². The molecule has 0 N–H and O–H groups in total. The minimum Gasteiger partial charge on any atom is -0.503 e. The summed E-state index contributed by atoms with van der Waals surface area (Å²) < 4.78 is 9.51. The predicted octanol–water partition coefficient (Wildman–Crippen LogP) is 2.40. The monoisotopic (exact) mass is 218 g/mol. The lowest BCUT2D eigenvalue weighted by Crippen LogP contribution is -2.06. The Bertz CT molecular complexity index is 404. The second-order valence-corrected chi connectivity index (χ2v) is 3.10. The normalized spacial score (nSPS) is 10.8. The highest BCUT2D eigenvalue weighted by Gasteiger charge is 2.15. The molecule has 3 heteroatoms. The number of esters is 1. The van der Waals surface area contributed by atoms with E-state index in [1.807, 2.05) is 30.3 Å². The molecule has 1 aromatic carbocycles. The Morgan fingerprint density at radius 3 is 2.38 bits per heavy atom. The first kappa shape index (κ1) is 12.0. The number of rotatable bonds is 4. The molecule has 0 heterocycles. The number of ether oxygens (including phenoxy) is 2. The highest BCUT2D eigenvalue weighted by molar-refractivity contribution is 6.05. The summed E-state index contributed by atoms with van der Waals surface area (Å²) in [5.74, 6) is -0.462. The van der Waals surface area contributed by atoms with Crippen LogP contribution in [0.4, 0.5) is 0 Å². The first-order chi connectivity index (χ1) is 7.70. The average molecular weight is 218 g/mol. The summed E-state index contributed by atoms with van der Waals surface area (Å²) in [5, 5.41) is 0. The van der Waals surface area contributed by atoms with E-state index in [0.29, 0.717) is 11.1 Å². The molecule has 0 saturated carbocycles. The van der Waals surface area contributed by atoms with Gasteiger partial charge in [-0.1, -0.05) is 36.9 Å². The summed E-state index contributed by atoms with van der Waals surface area (Å²) in [6.45, 7) is 3.86. The van der Waals surface area contributed by atoms with Crippen LogP contribution in [0.2, 0.25) is 0 Å². The van der Waals surface area contributed by atoms with Crippen LogP contribution in [0.15, 0.2) is 48.7 Å². The molecule has 0 spiro atoms. The smallest absolute Gasteiger partial charge is 0.341 e. The molecule has 3 nitrogen and oxygen atoms in total. The van der Waals surface area contributed by atoms with Crippen molar-refractivity contribution >= 4 is 11.5 Å². The second-order valence-electron chi connectivity index (χ2n) is 3.10. The van der Waals surface area contributed by atoms with Crippen molar-refractivity contribution in [1.29, 1.82) is 0 Å². The van der Waals surface area contributed by atoms with Gasteiger partial charge in [0.15, 0.2) is 0 Å². The van der Waals surface area contributed by atoms with Gasteiger partial charge in [-0.3, -0.25) is 0 Å². The quantitative estimate of drug-likeness (QED) is 0.337. The topological polar surface area (TPSA) is 35.5 Å². The third kappa shape index (κ3) is 2.73. The molecule has 1 aromatic rings. The SMILES string of the molecule is C=C(/C(=C\OC)C(=O)OC)c1ccccc1. The zero-order chi connectivity index (χ0) is 12.0. The average Bonchev–Trinajstić information content (AvgIpc) is 2.35. The number of methoxy groups -OCH3 is 2. The van der Waals surface area contributed by atoms with Crippen LogP contribution in [0.3, 0.4) is 0 Å². The summed E-state index contributed by atoms with van der Waals surface area (Å²) in [6.07, 6.45) is 1.33. The second kappa shape index (κ2) is 5.75. The van der Waals surface area contributed by atoms with Gasteiger partial charge in [-0.15, -0.1) is 0 Å². The first-order valence-corrected chi connectivity index (χ1v) is 4.76. The van der Waals surface area contributed by atoms with Crippen LogP contribution < -0.4 is 0 Å². The van der Waals surface area contributed by atoms with E-state index in [4.69, 9.17) is 4.74 Å². The Labute approximate surface area is 95.0 Å². The zero-order valence-corrected chi connectivity index (χ0v) is 9.40. The van der Waals surface area contributed by atoms with Crippen LogP contribution in [0.25, 0.3) is 5.57 Å². The lowest BCUT2D eigenvalue weighted by molar-refractivity contribution is -0.135. The van der Waals surface area contributed by atoms with E-state index in [0.717, 1.165) is 5.56 Å². The third-order valence-corrected chi connectivity index (χ3v) is 2.09. The molecular formula is C13H14O3. The Morgan fingerprint density at radius 2 is 1.88 bits per heavy atom. The number of benzene rings is 1. The first-order valence-electron chi connectivity index (χ1n) is 4.76. The van der Waals surface area contributed by atoms with Gasteiger partial charge in [-0.2, -0.15) is 0 Å². The van der Waals surface area contributed by atoms with Gasteiger partial charge >= 0.3 is 5.97 Å². The Morgan fingerprint density at radius 1 is 1.25 bits per heavy atom. The van der Waals surface area contributed by atoms with Crippen LogP contribution in [-0.4, -0.2) is 20.2 Å². The molecule has 16 heavy (non-hydrogen) atoms. The fourth-order valence-corrected chi connectivity index (χ4v) is 1.27. The van der Waals surface area contributed by atoms with Crippen molar-refractivity contribution in [2.75, 3.05) is 14.2 Å². The standard InChI is InChI=1S/C13H14O3/c1-10(11-7-5-4-6-8-11)12(9-15-2)13(14)16-3/h4-9H,1H2,2-3H3/b12-9+. The minimum atomic E-state index is -0.462. The summed E-state index contributed by atoms with van der Waals surface area (Å²) in [4.78, 5) is 11.5. The molecule has 0 aliphatic heterocycles. The Balaban J connectivity index is 3.02. The van der Waals surface area contributed by atoms with Gasteiger partial charge in [0, 0.05) is 0 Å². The van der Waals surface area contributed by atoms with Gasteiger partial charge in [0.2, 0.25) is 0 Å². The van der Waals surface area contributed by atoms with Crippen LogP contribution in [0.1, 0.15) is 5.56 Å². The van der Waals surface area contributed by atoms with Crippen LogP contribution >= 0.6 is 0 Å². The number of carbonyl (C=O) groups is 1. The Hall–Kier alpha value is -2.03. The fraction of sp³-hybridized carbons (Fsp3) is 0.154. The largest absolute Gasteiger partial charge is 0.503 e. The van der Waals surface area contributed by atoms with Crippen molar-refractivity contribution in [3.63, 3.8) is 0 Å². The fourth-order valence-electron chi connectivity index (χ4n) is 1.27. The number of hydrogen-bond acceptors (Lipinski definition) is 3. The molecule has 0 saturated heterocycles. The summed E-state index contributed by atoms with van der Waals surface area (Å²) >= 11 is 0. The molecule has 0 aliphatic rings. The predicted molar refractivity (Wildman–Crippen MR) is 62.6 cm³/mol. The molecule has 0 bridgehead atoms. The molecule has 0 amide bonds. The van der Waals surface area contributed by atoms with E-state index >= 15 is 0 Å². The summed E-state index contributed by atoms with van der Waals surface area (Å²) in [6, 6.07) is 9.39. The van der Waals surface area contributed by atoms with Crippen LogP contribution in [0, 0.1) is 0 Å². The van der Waals surface area contributed by atoms with Gasteiger partial charge < -0.3 is 9.47 Å².